The van der Waals surface area contributed by atoms with Crippen LogP contribution in [0, 0.1) is 12.8 Å². The molecule has 1 fully saturated rings. The van der Waals surface area contributed by atoms with Gasteiger partial charge in [0.05, 0.1) is 34.8 Å². The van der Waals surface area contributed by atoms with E-state index in [1.54, 1.807) is 4.52 Å². The van der Waals surface area contributed by atoms with E-state index >= 15 is 0 Å². The van der Waals surface area contributed by atoms with Gasteiger partial charge in [-0.25, -0.2) is 4.98 Å². The van der Waals surface area contributed by atoms with Crippen LogP contribution in [-0.4, -0.2) is 42.6 Å². The number of anilines is 1. The number of aromatic nitrogens is 6. The van der Waals surface area contributed by atoms with Crippen molar-refractivity contribution in [1.82, 2.24) is 29.4 Å². The van der Waals surface area contributed by atoms with Gasteiger partial charge in [0, 0.05) is 18.8 Å². The zero-order valence-electron chi connectivity index (χ0n) is 18.4. The molecule has 0 unspecified atom stereocenters. The van der Waals surface area contributed by atoms with Crippen LogP contribution in [-0.2, 0) is 4.74 Å². The first-order valence-corrected chi connectivity index (χ1v) is 11.3. The number of hydrogen-bond acceptors (Lipinski definition) is 6. The molecule has 8 heteroatoms. The topological polar surface area (TPSA) is 96.2 Å². The van der Waals surface area contributed by atoms with Crippen LogP contribution in [0.1, 0.15) is 30.3 Å². The molecule has 1 atom stereocenters. The fourth-order valence-corrected chi connectivity index (χ4v) is 4.90. The molecule has 0 aliphatic carbocycles. The van der Waals surface area contributed by atoms with Crippen LogP contribution in [0.25, 0.3) is 27.9 Å². The van der Waals surface area contributed by atoms with Crippen molar-refractivity contribution in [2.75, 3.05) is 18.9 Å². The lowest BCUT2D eigenvalue weighted by atomic mass is 9.86. The maximum atomic E-state index is 6.26. The average Bonchev–Trinajstić information content (AvgIpc) is 3.44. The lowest BCUT2D eigenvalue weighted by Gasteiger charge is -2.32. The Kier molecular flexibility index (Phi) is 4.80. The summed E-state index contributed by atoms with van der Waals surface area (Å²) in [5.41, 5.74) is 12.5. The van der Waals surface area contributed by atoms with E-state index in [1.165, 1.54) is 5.56 Å². The molecule has 6 rings (SSSR count). The first kappa shape index (κ1) is 19.9. The van der Waals surface area contributed by atoms with E-state index in [4.69, 9.17) is 20.6 Å². The van der Waals surface area contributed by atoms with E-state index in [2.05, 4.69) is 51.2 Å². The van der Waals surface area contributed by atoms with Gasteiger partial charge in [-0.2, -0.15) is 9.61 Å². The molecule has 2 aromatic carbocycles. The highest BCUT2D eigenvalue weighted by Gasteiger charge is 2.28. The van der Waals surface area contributed by atoms with Gasteiger partial charge in [-0.3, -0.25) is 0 Å². The number of rotatable bonds is 4. The Morgan fingerprint density at radius 3 is 2.67 bits per heavy atom. The number of ether oxygens (including phenoxy) is 1. The zero-order chi connectivity index (χ0) is 22.4. The molecular weight excluding hydrogens is 414 g/mol. The summed E-state index contributed by atoms with van der Waals surface area (Å²) >= 11 is 0. The molecule has 0 spiro atoms. The summed E-state index contributed by atoms with van der Waals surface area (Å²) in [6, 6.07) is 19.0. The molecule has 1 aliphatic rings. The summed E-state index contributed by atoms with van der Waals surface area (Å²) in [6.45, 7) is 3.47. The highest BCUT2D eigenvalue weighted by molar-refractivity contribution is 5.83. The van der Waals surface area contributed by atoms with Gasteiger partial charge in [-0.1, -0.05) is 36.4 Å². The Morgan fingerprint density at radius 2 is 1.85 bits per heavy atom. The smallest absolute Gasteiger partial charge is 0.200 e. The zero-order valence-corrected chi connectivity index (χ0v) is 18.4. The van der Waals surface area contributed by atoms with Crippen molar-refractivity contribution in [1.29, 1.82) is 0 Å². The van der Waals surface area contributed by atoms with Crippen molar-refractivity contribution in [3.8, 4) is 11.3 Å². The minimum Gasteiger partial charge on any atom is -0.396 e. The highest BCUT2D eigenvalue weighted by atomic mass is 16.5. The van der Waals surface area contributed by atoms with Gasteiger partial charge in [0.2, 0.25) is 5.65 Å². The van der Waals surface area contributed by atoms with Crippen LogP contribution >= 0.6 is 0 Å². The normalized spacial score (nSPS) is 15.9. The molecule has 2 N–H and O–H groups in total. The number of nitrogens with zero attached hydrogens (tertiary/aromatic N) is 6. The number of nitrogens with two attached hydrogens (primary N) is 1. The summed E-state index contributed by atoms with van der Waals surface area (Å²) in [4.78, 5) is 4.73. The number of hydrogen-bond donors (Lipinski definition) is 1. The van der Waals surface area contributed by atoms with E-state index in [0.29, 0.717) is 23.1 Å². The second-order valence-electron chi connectivity index (χ2n) is 8.63. The average molecular weight is 440 g/mol. The fraction of sp³-hybridized carbons (Fsp3) is 0.280. The predicted octanol–water partition coefficient (Wildman–Crippen LogP) is 4.05. The summed E-state index contributed by atoms with van der Waals surface area (Å²) in [7, 11) is 0. The fourth-order valence-electron chi connectivity index (χ4n) is 4.90. The Hall–Kier alpha value is -3.78. The number of nitrogen functional groups attached to an aromatic ring is 1. The van der Waals surface area contributed by atoms with Crippen LogP contribution in [0.4, 0.5) is 5.69 Å². The van der Waals surface area contributed by atoms with Gasteiger partial charge >= 0.3 is 0 Å². The Bertz CT molecular complexity index is 1430. The summed E-state index contributed by atoms with van der Waals surface area (Å²) < 4.78 is 9.67. The second kappa shape index (κ2) is 7.97. The van der Waals surface area contributed by atoms with Crippen LogP contribution in [0.3, 0.4) is 0 Å². The second-order valence-corrected chi connectivity index (χ2v) is 8.63. The minimum absolute atomic E-state index is 0.191. The molecule has 0 radical (unpaired) electrons. The standard InChI is InChI=1S/C25H25N7O/c1-16-28-29-25-20(26)14-22(30-32(16)25)19-7-8-21-23(13-19)31(15-27-21)24(17-5-3-2-4-6-17)18-9-11-33-12-10-18/h2-8,13-15,18,24H,9-12,26H2,1H3/t24-/m0/s1. The minimum atomic E-state index is 0.191. The number of benzene rings is 2. The van der Waals surface area contributed by atoms with Gasteiger partial charge in [-0.15, -0.1) is 10.2 Å². The monoisotopic (exact) mass is 439 g/mol. The van der Waals surface area contributed by atoms with Crippen molar-refractivity contribution in [3.63, 3.8) is 0 Å². The number of imidazole rings is 1. The molecule has 1 aliphatic heterocycles. The van der Waals surface area contributed by atoms with E-state index in [0.717, 1.165) is 48.3 Å². The van der Waals surface area contributed by atoms with Crippen molar-refractivity contribution in [2.45, 2.75) is 25.8 Å². The molecule has 1 saturated heterocycles. The van der Waals surface area contributed by atoms with Crippen LogP contribution in [0.5, 0.6) is 0 Å². The van der Waals surface area contributed by atoms with Gasteiger partial charge in [0.15, 0.2) is 5.82 Å². The predicted molar refractivity (Wildman–Crippen MR) is 127 cm³/mol. The van der Waals surface area contributed by atoms with E-state index in [1.807, 2.05) is 31.5 Å². The van der Waals surface area contributed by atoms with Crippen LogP contribution < -0.4 is 5.73 Å². The van der Waals surface area contributed by atoms with Gasteiger partial charge in [0.1, 0.15) is 0 Å². The molecule has 8 nitrogen and oxygen atoms in total. The van der Waals surface area contributed by atoms with Gasteiger partial charge < -0.3 is 15.0 Å². The SMILES string of the molecule is Cc1nnc2c(N)cc(-c3ccc4ncn([C@@H](c5ccccc5)C5CCOCC5)c4c3)nn12. The Balaban J connectivity index is 1.50. The Morgan fingerprint density at radius 1 is 1.03 bits per heavy atom. The molecule has 0 bridgehead atoms. The molecule has 4 heterocycles. The molecule has 33 heavy (non-hydrogen) atoms. The van der Waals surface area contributed by atoms with Crippen molar-refractivity contribution in [2.24, 2.45) is 5.92 Å². The summed E-state index contributed by atoms with van der Waals surface area (Å²) in [5, 5.41) is 13.0. The third-order valence-corrected chi connectivity index (χ3v) is 6.58. The molecule has 3 aromatic heterocycles. The van der Waals surface area contributed by atoms with Crippen LogP contribution in [0.15, 0.2) is 60.9 Å². The first-order valence-electron chi connectivity index (χ1n) is 11.3. The van der Waals surface area contributed by atoms with Crippen LogP contribution in [0.2, 0.25) is 0 Å². The largest absolute Gasteiger partial charge is 0.396 e. The van der Waals surface area contributed by atoms with E-state index in [9.17, 15) is 0 Å². The van der Waals surface area contributed by atoms with Crippen molar-refractivity contribution < 1.29 is 4.74 Å². The maximum absolute atomic E-state index is 6.26. The quantitative estimate of drug-likeness (QED) is 0.454. The first-order chi connectivity index (χ1) is 16.2. The summed E-state index contributed by atoms with van der Waals surface area (Å²) in [6.07, 6.45) is 4.03. The highest BCUT2D eigenvalue weighted by Crippen LogP contribution is 2.36. The van der Waals surface area contributed by atoms with Gasteiger partial charge in [-0.05, 0) is 49.4 Å². The molecule has 0 amide bonds. The third kappa shape index (κ3) is 3.43. The lowest BCUT2D eigenvalue weighted by Crippen LogP contribution is -2.26. The van der Waals surface area contributed by atoms with Gasteiger partial charge in [0.25, 0.3) is 0 Å². The number of aryl methyl sites for hydroxylation is 1. The molecule has 5 aromatic rings. The molecule has 166 valence electrons. The van der Waals surface area contributed by atoms with E-state index < -0.39 is 0 Å². The lowest BCUT2D eigenvalue weighted by molar-refractivity contribution is 0.0547. The molecular formula is C25H25N7O. The number of fused-ring (bicyclic) bond motifs is 2. The molecule has 0 saturated carbocycles. The van der Waals surface area contributed by atoms with Crippen molar-refractivity contribution >= 4 is 22.4 Å². The van der Waals surface area contributed by atoms with Crippen molar-refractivity contribution in [3.05, 3.63) is 72.3 Å². The maximum Gasteiger partial charge on any atom is 0.200 e. The Labute approximate surface area is 191 Å². The summed E-state index contributed by atoms with van der Waals surface area (Å²) in [5.74, 6) is 1.18. The third-order valence-electron chi connectivity index (χ3n) is 6.58. The van der Waals surface area contributed by atoms with E-state index in [-0.39, 0.29) is 6.04 Å².